The van der Waals surface area contributed by atoms with Gasteiger partial charge in [-0.25, -0.2) is 9.18 Å². The number of nitrogens with one attached hydrogen (secondary N) is 3. The highest BCUT2D eigenvalue weighted by Crippen LogP contribution is 2.18. The molecule has 19 heavy (non-hydrogen) atoms. The Morgan fingerprint density at radius 2 is 1.79 bits per heavy atom. The number of amides is 2. The van der Waals surface area contributed by atoms with Gasteiger partial charge in [0.2, 0.25) is 0 Å². The molecule has 104 valence electrons. The SMILES string of the molecule is CNC1CCC(NC(=O)Nc2ccccc2F)CC1. The van der Waals surface area contributed by atoms with E-state index >= 15 is 0 Å². The fourth-order valence-electron chi connectivity index (χ4n) is 2.43. The molecule has 1 aliphatic rings. The van der Waals surface area contributed by atoms with E-state index in [9.17, 15) is 9.18 Å². The van der Waals surface area contributed by atoms with Crippen molar-refractivity contribution in [3.8, 4) is 0 Å². The van der Waals surface area contributed by atoms with Crippen molar-refractivity contribution in [2.24, 2.45) is 0 Å². The molecule has 2 rings (SSSR count). The van der Waals surface area contributed by atoms with Crippen LogP contribution in [-0.4, -0.2) is 25.2 Å². The van der Waals surface area contributed by atoms with Crippen molar-refractivity contribution in [1.82, 2.24) is 10.6 Å². The number of rotatable bonds is 3. The van der Waals surface area contributed by atoms with Gasteiger partial charge in [0.15, 0.2) is 0 Å². The zero-order valence-corrected chi connectivity index (χ0v) is 11.1. The number of carbonyl (C=O) groups is 1. The summed E-state index contributed by atoms with van der Waals surface area (Å²) < 4.78 is 13.4. The Kier molecular flexibility index (Phi) is 4.74. The Balaban J connectivity index is 1.81. The minimum absolute atomic E-state index is 0.177. The van der Waals surface area contributed by atoms with E-state index < -0.39 is 5.82 Å². The predicted octanol–water partition coefficient (Wildman–Crippen LogP) is 2.48. The molecule has 4 nitrogen and oxygen atoms in total. The summed E-state index contributed by atoms with van der Waals surface area (Å²) in [4.78, 5) is 11.8. The second-order valence-corrected chi connectivity index (χ2v) is 4.92. The molecule has 5 heteroatoms. The Bertz CT molecular complexity index is 430. The third kappa shape index (κ3) is 3.92. The summed E-state index contributed by atoms with van der Waals surface area (Å²) in [6.07, 6.45) is 4.02. The van der Waals surface area contributed by atoms with E-state index in [1.165, 1.54) is 6.07 Å². The monoisotopic (exact) mass is 265 g/mol. The fourth-order valence-corrected chi connectivity index (χ4v) is 2.43. The summed E-state index contributed by atoms with van der Waals surface area (Å²) in [6.45, 7) is 0. The molecule has 1 saturated carbocycles. The molecule has 0 atom stereocenters. The Labute approximate surface area is 112 Å². The lowest BCUT2D eigenvalue weighted by atomic mass is 9.91. The van der Waals surface area contributed by atoms with Crippen LogP contribution in [0.3, 0.4) is 0 Å². The van der Waals surface area contributed by atoms with Gasteiger partial charge in [-0.2, -0.15) is 0 Å². The Morgan fingerprint density at radius 1 is 1.16 bits per heavy atom. The molecule has 3 N–H and O–H groups in total. The second-order valence-electron chi connectivity index (χ2n) is 4.92. The standard InChI is InChI=1S/C14H20FN3O/c1-16-10-6-8-11(9-7-10)17-14(19)18-13-5-3-2-4-12(13)15/h2-5,10-11,16H,6-9H2,1H3,(H2,17,18,19). The number of hydrogen-bond acceptors (Lipinski definition) is 2. The molecule has 0 spiro atoms. The summed E-state index contributed by atoms with van der Waals surface area (Å²) in [5.74, 6) is -0.420. The van der Waals surface area contributed by atoms with Gasteiger partial charge in [-0.3, -0.25) is 0 Å². The van der Waals surface area contributed by atoms with Gasteiger partial charge in [-0.05, 0) is 44.9 Å². The van der Waals surface area contributed by atoms with Crippen molar-refractivity contribution in [1.29, 1.82) is 0 Å². The maximum Gasteiger partial charge on any atom is 0.319 e. The van der Waals surface area contributed by atoms with Crippen molar-refractivity contribution >= 4 is 11.7 Å². The fraction of sp³-hybridized carbons (Fsp3) is 0.500. The van der Waals surface area contributed by atoms with Crippen LogP contribution in [0.25, 0.3) is 0 Å². The molecule has 0 heterocycles. The highest BCUT2D eigenvalue weighted by atomic mass is 19.1. The van der Waals surface area contributed by atoms with E-state index in [2.05, 4.69) is 16.0 Å². The first-order valence-electron chi connectivity index (χ1n) is 6.68. The molecule has 0 aliphatic heterocycles. The van der Waals surface area contributed by atoms with E-state index in [0.29, 0.717) is 6.04 Å². The molecule has 1 aromatic rings. The first-order chi connectivity index (χ1) is 9.19. The van der Waals surface area contributed by atoms with Crippen LogP contribution in [0.2, 0.25) is 0 Å². The lowest BCUT2D eigenvalue weighted by Gasteiger charge is -2.28. The number of benzene rings is 1. The highest BCUT2D eigenvalue weighted by Gasteiger charge is 2.21. The van der Waals surface area contributed by atoms with Crippen LogP contribution in [0.1, 0.15) is 25.7 Å². The first kappa shape index (κ1) is 13.8. The molecule has 1 aliphatic carbocycles. The van der Waals surface area contributed by atoms with Crippen molar-refractivity contribution in [3.05, 3.63) is 30.1 Å². The summed E-state index contributed by atoms with van der Waals surface area (Å²) in [6, 6.07) is 6.55. The summed E-state index contributed by atoms with van der Waals surface area (Å²) in [5.41, 5.74) is 0.212. The minimum Gasteiger partial charge on any atom is -0.335 e. The van der Waals surface area contributed by atoms with Gasteiger partial charge < -0.3 is 16.0 Å². The summed E-state index contributed by atoms with van der Waals surface area (Å²) in [7, 11) is 1.96. The van der Waals surface area contributed by atoms with Crippen LogP contribution in [0.15, 0.2) is 24.3 Å². The molecule has 0 radical (unpaired) electrons. The van der Waals surface area contributed by atoms with Gasteiger partial charge in [-0.1, -0.05) is 12.1 Å². The van der Waals surface area contributed by atoms with Gasteiger partial charge in [-0.15, -0.1) is 0 Å². The largest absolute Gasteiger partial charge is 0.335 e. The van der Waals surface area contributed by atoms with Crippen molar-refractivity contribution < 1.29 is 9.18 Å². The van der Waals surface area contributed by atoms with Crippen LogP contribution >= 0.6 is 0 Å². The average Bonchev–Trinajstić information content (AvgIpc) is 2.42. The molecule has 0 bridgehead atoms. The molecule has 0 unspecified atom stereocenters. The lowest BCUT2D eigenvalue weighted by molar-refractivity contribution is 0.241. The van der Waals surface area contributed by atoms with Gasteiger partial charge in [0, 0.05) is 12.1 Å². The third-order valence-corrected chi connectivity index (χ3v) is 3.59. The Morgan fingerprint density at radius 3 is 2.42 bits per heavy atom. The number of anilines is 1. The molecule has 0 saturated heterocycles. The van der Waals surface area contributed by atoms with Crippen LogP contribution in [0.5, 0.6) is 0 Å². The average molecular weight is 265 g/mol. The molecule has 2 amide bonds. The van der Waals surface area contributed by atoms with E-state index in [1.807, 2.05) is 7.05 Å². The Hall–Kier alpha value is -1.62. The molecule has 0 aromatic heterocycles. The number of para-hydroxylation sites is 1. The van der Waals surface area contributed by atoms with Crippen molar-refractivity contribution in [3.63, 3.8) is 0 Å². The van der Waals surface area contributed by atoms with E-state index in [-0.39, 0.29) is 17.8 Å². The first-order valence-corrected chi connectivity index (χ1v) is 6.68. The molecular weight excluding hydrogens is 245 g/mol. The number of halogens is 1. The highest BCUT2D eigenvalue weighted by molar-refractivity contribution is 5.89. The van der Waals surface area contributed by atoms with E-state index in [1.54, 1.807) is 18.2 Å². The molecular formula is C14H20FN3O. The summed E-state index contributed by atoms with van der Waals surface area (Å²) >= 11 is 0. The number of urea groups is 1. The predicted molar refractivity (Wildman–Crippen MR) is 73.7 cm³/mol. The van der Waals surface area contributed by atoms with Crippen LogP contribution < -0.4 is 16.0 Å². The number of carbonyl (C=O) groups excluding carboxylic acids is 1. The topological polar surface area (TPSA) is 53.2 Å². The zero-order valence-electron chi connectivity index (χ0n) is 11.1. The minimum atomic E-state index is -0.420. The third-order valence-electron chi connectivity index (χ3n) is 3.59. The van der Waals surface area contributed by atoms with E-state index in [0.717, 1.165) is 25.7 Å². The van der Waals surface area contributed by atoms with Gasteiger partial charge in [0.1, 0.15) is 5.82 Å². The summed E-state index contributed by atoms with van der Waals surface area (Å²) in [5, 5.41) is 8.68. The lowest BCUT2D eigenvalue weighted by Crippen LogP contribution is -2.43. The maximum atomic E-state index is 13.4. The normalized spacial score (nSPS) is 22.8. The van der Waals surface area contributed by atoms with E-state index in [4.69, 9.17) is 0 Å². The van der Waals surface area contributed by atoms with Gasteiger partial charge >= 0.3 is 6.03 Å². The number of hydrogen-bond donors (Lipinski definition) is 3. The van der Waals surface area contributed by atoms with Crippen LogP contribution in [-0.2, 0) is 0 Å². The van der Waals surface area contributed by atoms with Gasteiger partial charge in [0.25, 0.3) is 0 Å². The molecule has 1 aromatic carbocycles. The quantitative estimate of drug-likeness (QED) is 0.786. The van der Waals surface area contributed by atoms with Gasteiger partial charge in [0.05, 0.1) is 5.69 Å². The van der Waals surface area contributed by atoms with Crippen LogP contribution in [0, 0.1) is 5.82 Å². The maximum absolute atomic E-state index is 13.4. The molecule has 1 fully saturated rings. The van der Waals surface area contributed by atoms with Crippen molar-refractivity contribution in [2.75, 3.05) is 12.4 Å². The van der Waals surface area contributed by atoms with Crippen LogP contribution in [0.4, 0.5) is 14.9 Å². The van der Waals surface area contributed by atoms with Crippen molar-refractivity contribution in [2.45, 2.75) is 37.8 Å². The zero-order chi connectivity index (χ0) is 13.7. The smallest absolute Gasteiger partial charge is 0.319 e. The second kappa shape index (κ2) is 6.52.